The molecule has 2 aromatic rings. The summed E-state index contributed by atoms with van der Waals surface area (Å²) in [4.78, 5) is 5.40. The Morgan fingerprint density at radius 1 is 1.14 bits per heavy atom. The number of benzene rings is 1. The maximum Gasteiger partial charge on any atom is 0.158 e. The molecule has 1 aromatic carbocycles. The fourth-order valence-electron chi connectivity index (χ4n) is 1.04. The molecule has 1 aromatic heterocycles. The standard InChI is InChI=1S/C10H6Cl2NO/c11-8-5-9(12)7-10(6-8)14-13-3-1-2-4-13/h1,3-7H. The second kappa shape index (κ2) is 3.95. The van der Waals surface area contributed by atoms with Gasteiger partial charge < -0.3 is 4.84 Å². The third-order valence-corrected chi connectivity index (χ3v) is 2.00. The van der Waals surface area contributed by atoms with Gasteiger partial charge in [-0.05, 0) is 12.1 Å². The SMILES string of the molecule is Clc1cc(Cl)cc(On2c[c]cc2)c1. The van der Waals surface area contributed by atoms with Crippen molar-refractivity contribution in [1.29, 1.82) is 0 Å². The number of hydrogen-bond acceptors (Lipinski definition) is 1. The van der Waals surface area contributed by atoms with Crippen molar-refractivity contribution in [3.05, 3.63) is 52.8 Å². The molecule has 1 heterocycles. The summed E-state index contributed by atoms with van der Waals surface area (Å²) in [6.07, 6.45) is 3.39. The Balaban J connectivity index is 2.25. The van der Waals surface area contributed by atoms with Gasteiger partial charge in [-0.15, -0.1) is 0 Å². The molecule has 0 amide bonds. The summed E-state index contributed by atoms with van der Waals surface area (Å²) in [5.41, 5.74) is 0. The van der Waals surface area contributed by atoms with Crippen LogP contribution in [0.15, 0.2) is 36.7 Å². The molecule has 0 saturated carbocycles. The second-order valence-corrected chi connectivity index (χ2v) is 3.54. The van der Waals surface area contributed by atoms with Gasteiger partial charge in [-0.25, -0.2) is 0 Å². The van der Waals surface area contributed by atoms with Crippen LogP contribution >= 0.6 is 23.2 Å². The van der Waals surface area contributed by atoms with Crippen LogP contribution in [0.5, 0.6) is 5.75 Å². The van der Waals surface area contributed by atoms with E-state index < -0.39 is 0 Å². The molecule has 0 saturated heterocycles. The lowest BCUT2D eigenvalue weighted by Gasteiger charge is -2.06. The summed E-state index contributed by atoms with van der Waals surface area (Å²) in [5, 5.41) is 1.09. The van der Waals surface area contributed by atoms with Crippen molar-refractivity contribution in [3.63, 3.8) is 0 Å². The number of nitrogens with zero attached hydrogens (tertiary/aromatic N) is 1. The molecule has 0 spiro atoms. The molecule has 0 aliphatic heterocycles. The summed E-state index contributed by atoms with van der Waals surface area (Å²) in [7, 11) is 0. The van der Waals surface area contributed by atoms with Crippen LogP contribution < -0.4 is 4.84 Å². The average molecular weight is 227 g/mol. The maximum atomic E-state index is 5.81. The highest BCUT2D eigenvalue weighted by Gasteiger charge is 1.99. The Morgan fingerprint density at radius 2 is 1.86 bits per heavy atom. The van der Waals surface area contributed by atoms with E-state index >= 15 is 0 Å². The van der Waals surface area contributed by atoms with Gasteiger partial charge in [-0.3, -0.25) is 0 Å². The molecular formula is C10H6Cl2NO. The molecule has 0 fully saturated rings. The zero-order valence-electron chi connectivity index (χ0n) is 7.08. The summed E-state index contributed by atoms with van der Waals surface area (Å²) in [5.74, 6) is 0.590. The molecule has 14 heavy (non-hydrogen) atoms. The van der Waals surface area contributed by atoms with Crippen LogP contribution in [-0.4, -0.2) is 4.73 Å². The monoisotopic (exact) mass is 226 g/mol. The normalized spacial score (nSPS) is 10.1. The van der Waals surface area contributed by atoms with Gasteiger partial charge in [-0.2, -0.15) is 4.73 Å². The van der Waals surface area contributed by atoms with E-state index in [-0.39, 0.29) is 0 Å². The summed E-state index contributed by atoms with van der Waals surface area (Å²) in [6.45, 7) is 0. The lowest BCUT2D eigenvalue weighted by atomic mass is 10.3. The van der Waals surface area contributed by atoms with Gasteiger partial charge in [-0.1, -0.05) is 23.2 Å². The number of hydrogen-bond donors (Lipinski definition) is 0. The van der Waals surface area contributed by atoms with Crippen molar-refractivity contribution < 1.29 is 4.84 Å². The van der Waals surface area contributed by atoms with E-state index in [0.29, 0.717) is 15.8 Å². The molecule has 0 N–H and O–H groups in total. The number of rotatable bonds is 2. The van der Waals surface area contributed by atoms with Crippen LogP contribution in [0.3, 0.4) is 0 Å². The van der Waals surface area contributed by atoms with E-state index in [2.05, 4.69) is 6.07 Å². The highest BCUT2D eigenvalue weighted by Crippen LogP contribution is 2.24. The first-order valence-corrected chi connectivity index (χ1v) is 4.68. The molecule has 0 aliphatic rings. The minimum Gasteiger partial charge on any atom is -0.376 e. The zero-order chi connectivity index (χ0) is 9.97. The van der Waals surface area contributed by atoms with Gasteiger partial charge in [0.1, 0.15) is 0 Å². The van der Waals surface area contributed by atoms with Crippen LogP contribution in [-0.2, 0) is 0 Å². The van der Waals surface area contributed by atoms with Crippen LogP contribution in [0.1, 0.15) is 0 Å². The number of halogens is 2. The zero-order valence-corrected chi connectivity index (χ0v) is 8.59. The lowest BCUT2D eigenvalue weighted by molar-refractivity contribution is 0.217. The molecule has 2 nitrogen and oxygen atoms in total. The smallest absolute Gasteiger partial charge is 0.158 e. The second-order valence-electron chi connectivity index (χ2n) is 2.67. The minimum atomic E-state index is 0.545. The first-order valence-electron chi connectivity index (χ1n) is 3.92. The van der Waals surface area contributed by atoms with E-state index in [9.17, 15) is 0 Å². The predicted octanol–water partition coefficient (Wildman–Crippen LogP) is 3.44. The topological polar surface area (TPSA) is 14.2 Å². The van der Waals surface area contributed by atoms with Gasteiger partial charge in [0.15, 0.2) is 5.75 Å². The third-order valence-electron chi connectivity index (χ3n) is 1.57. The van der Waals surface area contributed by atoms with Crippen molar-refractivity contribution in [3.8, 4) is 5.75 Å². The van der Waals surface area contributed by atoms with E-state index in [1.807, 2.05) is 0 Å². The molecule has 4 heteroatoms. The van der Waals surface area contributed by atoms with Gasteiger partial charge in [0, 0.05) is 34.4 Å². The van der Waals surface area contributed by atoms with E-state index in [4.69, 9.17) is 28.0 Å². The fraction of sp³-hybridized carbons (Fsp3) is 0. The van der Waals surface area contributed by atoms with Crippen molar-refractivity contribution in [2.75, 3.05) is 0 Å². The summed E-state index contributed by atoms with van der Waals surface area (Å²) in [6, 6.07) is 9.62. The predicted molar refractivity (Wildman–Crippen MR) is 55.8 cm³/mol. The molecule has 0 bridgehead atoms. The Morgan fingerprint density at radius 3 is 2.43 bits per heavy atom. The molecule has 1 radical (unpaired) electrons. The quantitative estimate of drug-likeness (QED) is 0.766. The average Bonchev–Trinajstić information content (AvgIpc) is 2.54. The Hall–Kier alpha value is -1.12. The van der Waals surface area contributed by atoms with Gasteiger partial charge in [0.25, 0.3) is 0 Å². The molecule has 2 rings (SSSR count). The Kier molecular flexibility index (Phi) is 2.66. The van der Waals surface area contributed by atoms with Crippen molar-refractivity contribution in [1.82, 2.24) is 4.73 Å². The summed E-state index contributed by atoms with van der Waals surface area (Å²) < 4.78 is 1.52. The maximum absolute atomic E-state index is 5.81. The largest absolute Gasteiger partial charge is 0.376 e. The lowest BCUT2D eigenvalue weighted by Crippen LogP contribution is -2.00. The van der Waals surface area contributed by atoms with E-state index in [1.165, 1.54) is 4.73 Å². The Labute approximate surface area is 91.6 Å². The summed E-state index contributed by atoms with van der Waals surface area (Å²) >= 11 is 11.6. The van der Waals surface area contributed by atoms with E-state index in [1.54, 1.807) is 36.7 Å². The first kappa shape index (κ1) is 9.44. The molecule has 71 valence electrons. The van der Waals surface area contributed by atoms with E-state index in [0.717, 1.165) is 0 Å². The highest BCUT2D eigenvalue weighted by atomic mass is 35.5. The van der Waals surface area contributed by atoms with Gasteiger partial charge >= 0.3 is 0 Å². The van der Waals surface area contributed by atoms with Gasteiger partial charge in [0.05, 0.1) is 6.20 Å². The van der Waals surface area contributed by atoms with Crippen LogP contribution in [0, 0.1) is 6.07 Å². The van der Waals surface area contributed by atoms with Crippen molar-refractivity contribution >= 4 is 23.2 Å². The minimum absolute atomic E-state index is 0.545. The van der Waals surface area contributed by atoms with Crippen molar-refractivity contribution in [2.45, 2.75) is 0 Å². The van der Waals surface area contributed by atoms with Crippen LogP contribution in [0.25, 0.3) is 0 Å². The molecule has 0 atom stereocenters. The molecule has 0 unspecified atom stereocenters. The molecule has 0 aliphatic carbocycles. The highest BCUT2D eigenvalue weighted by molar-refractivity contribution is 6.34. The Bertz CT molecular complexity index is 405. The van der Waals surface area contributed by atoms with Crippen LogP contribution in [0.2, 0.25) is 10.0 Å². The van der Waals surface area contributed by atoms with Gasteiger partial charge in [0.2, 0.25) is 0 Å². The number of aromatic nitrogens is 1. The first-order chi connectivity index (χ1) is 6.74. The van der Waals surface area contributed by atoms with Crippen molar-refractivity contribution in [2.24, 2.45) is 0 Å². The third kappa shape index (κ3) is 2.22. The fourth-order valence-corrected chi connectivity index (χ4v) is 1.54. The molecular weight excluding hydrogens is 221 g/mol. The van der Waals surface area contributed by atoms with Crippen LogP contribution in [0.4, 0.5) is 0 Å².